The molecule has 0 bridgehead atoms. The summed E-state index contributed by atoms with van der Waals surface area (Å²) >= 11 is 1.25. The summed E-state index contributed by atoms with van der Waals surface area (Å²) in [6.07, 6.45) is 6.09. The molecule has 0 spiro atoms. The van der Waals surface area contributed by atoms with Gasteiger partial charge in [0.1, 0.15) is 11.9 Å². The van der Waals surface area contributed by atoms with Crippen molar-refractivity contribution in [2.45, 2.75) is 69.8 Å². The lowest BCUT2D eigenvalue weighted by Gasteiger charge is -2.32. The average Bonchev–Trinajstić information content (AvgIpc) is 3.33. The highest BCUT2D eigenvalue weighted by Crippen LogP contribution is 2.43. The molecule has 9 nitrogen and oxygen atoms in total. The molecule has 5 rings (SSSR count). The Morgan fingerprint density at radius 2 is 1.72 bits per heavy atom. The van der Waals surface area contributed by atoms with Gasteiger partial charge < -0.3 is 19.9 Å². The molecule has 2 aromatic carbocycles. The molecule has 1 saturated heterocycles. The minimum absolute atomic E-state index is 0.00248. The molecule has 0 amide bonds. The Kier molecular flexibility index (Phi) is 10.0. The zero-order valence-electron chi connectivity index (χ0n) is 24.3. The summed E-state index contributed by atoms with van der Waals surface area (Å²) in [6, 6.07) is 17.2. The lowest BCUT2D eigenvalue weighted by Crippen LogP contribution is -2.42. The van der Waals surface area contributed by atoms with E-state index in [9.17, 15) is 23.1 Å². The van der Waals surface area contributed by atoms with Crippen LogP contribution in [0.2, 0.25) is 0 Å². The normalized spacial score (nSPS) is 17.0. The standard InChI is InChI=1S/C32H38N2O7S2/c1-22-29(40-20-28(35)36)31(32(37)41-27-13-6-3-7-14-27)42-30(22)24-11-8-12-26(19-24)33-25-15-17-34(18-16-25)43(38,39)21-23-9-4-2-5-10-23/h2,4-5,8-12,19,25,27,33H,3,6-7,13-18,20-21H2,1H3,(H,35,36). The Morgan fingerprint density at radius 1 is 1.00 bits per heavy atom. The van der Waals surface area contributed by atoms with E-state index in [-0.39, 0.29) is 28.5 Å². The third-order valence-electron chi connectivity index (χ3n) is 7.98. The minimum Gasteiger partial charge on any atom is -0.480 e. The fourth-order valence-corrected chi connectivity index (χ4v) is 8.44. The molecule has 1 aliphatic carbocycles. The average molecular weight is 627 g/mol. The number of ether oxygens (including phenoxy) is 2. The molecule has 11 heteroatoms. The second-order valence-electron chi connectivity index (χ2n) is 11.2. The SMILES string of the molecule is Cc1c(-c2cccc(NC3CCN(S(=O)(=O)Cc4ccccc4)CC3)c2)sc(C(=O)OC2CCCCC2)c1OCC(=O)O. The predicted molar refractivity (Wildman–Crippen MR) is 167 cm³/mol. The molecule has 43 heavy (non-hydrogen) atoms. The van der Waals surface area contributed by atoms with Crippen molar-refractivity contribution < 1.29 is 32.6 Å². The van der Waals surface area contributed by atoms with E-state index in [1.165, 1.54) is 11.3 Å². The molecule has 0 radical (unpaired) electrons. The van der Waals surface area contributed by atoms with Gasteiger partial charge in [0.2, 0.25) is 10.0 Å². The number of aliphatic carboxylic acids is 1. The fraction of sp³-hybridized carbons (Fsp3) is 0.438. The molecular weight excluding hydrogens is 588 g/mol. The van der Waals surface area contributed by atoms with Crippen LogP contribution in [0.4, 0.5) is 5.69 Å². The summed E-state index contributed by atoms with van der Waals surface area (Å²) < 4.78 is 38.9. The van der Waals surface area contributed by atoms with Crippen LogP contribution in [0.5, 0.6) is 5.75 Å². The fourth-order valence-electron chi connectivity index (χ4n) is 5.74. The number of benzene rings is 2. The van der Waals surface area contributed by atoms with Crippen molar-refractivity contribution in [3.8, 4) is 16.2 Å². The summed E-state index contributed by atoms with van der Waals surface area (Å²) in [7, 11) is -3.39. The second-order valence-corrected chi connectivity index (χ2v) is 14.2. The molecule has 2 fully saturated rings. The van der Waals surface area contributed by atoms with E-state index in [2.05, 4.69) is 5.32 Å². The van der Waals surface area contributed by atoms with E-state index in [4.69, 9.17) is 9.47 Å². The van der Waals surface area contributed by atoms with E-state index in [0.717, 1.165) is 53.8 Å². The molecule has 1 aliphatic heterocycles. The summed E-state index contributed by atoms with van der Waals surface area (Å²) in [5.74, 6) is -1.34. The van der Waals surface area contributed by atoms with E-state index in [1.807, 2.05) is 61.5 Å². The molecule has 230 valence electrons. The number of thiophene rings is 1. The van der Waals surface area contributed by atoms with Crippen LogP contribution in [0.3, 0.4) is 0 Å². The monoisotopic (exact) mass is 626 g/mol. The van der Waals surface area contributed by atoms with Crippen LogP contribution in [0.1, 0.15) is 65.7 Å². The van der Waals surface area contributed by atoms with Crippen molar-refractivity contribution in [1.29, 1.82) is 0 Å². The van der Waals surface area contributed by atoms with Gasteiger partial charge in [-0.05, 0) is 68.7 Å². The van der Waals surface area contributed by atoms with Crippen molar-refractivity contribution >= 4 is 39.0 Å². The summed E-state index contributed by atoms with van der Waals surface area (Å²) in [5, 5.41) is 12.8. The topological polar surface area (TPSA) is 122 Å². The number of nitrogens with one attached hydrogen (secondary N) is 1. The molecular formula is C32H38N2O7S2. The van der Waals surface area contributed by atoms with Crippen LogP contribution in [-0.2, 0) is 25.3 Å². The lowest BCUT2D eigenvalue weighted by molar-refractivity contribution is -0.139. The Balaban J connectivity index is 1.27. The maximum atomic E-state index is 13.2. The number of rotatable bonds is 11. The van der Waals surface area contributed by atoms with Gasteiger partial charge in [-0.25, -0.2) is 22.3 Å². The number of sulfonamides is 1. The van der Waals surface area contributed by atoms with Gasteiger partial charge in [0.25, 0.3) is 0 Å². The van der Waals surface area contributed by atoms with Gasteiger partial charge in [0.05, 0.1) is 5.75 Å². The number of hydrogen-bond acceptors (Lipinski definition) is 8. The Labute approximate surface area is 256 Å². The third-order valence-corrected chi connectivity index (χ3v) is 11.1. The first-order valence-corrected chi connectivity index (χ1v) is 17.2. The van der Waals surface area contributed by atoms with Crippen LogP contribution in [-0.4, -0.2) is 61.6 Å². The van der Waals surface area contributed by atoms with E-state index in [0.29, 0.717) is 31.5 Å². The Morgan fingerprint density at radius 3 is 2.42 bits per heavy atom. The first-order chi connectivity index (χ1) is 20.7. The van der Waals surface area contributed by atoms with Crippen LogP contribution in [0.15, 0.2) is 54.6 Å². The number of carboxylic acids is 1. The van der Waals surface area contributed by atoms with Crippen molar-refractivity contribution in [3.05, 3.63) is 70.6 Å². The highest BCUT2D eigenvalue weighted by molar-refractivity contribution is 7.88. The number of esters is 1. The van der Waals surface area contributed by atoms with Crippen LogP contribution < -0.4 is 10.1 Å². The number of piperidine rings is 1. The number of hydrogen-bond donors (Lipinski definition) is 2. The molecule has 0 atom stereocenters. The van der Waals surface area contributed by atoms with E-state index < -0.39 is 28.6 Å². The highest BCUT2D eigenvalue weighted by atomic mass is 32.2. The first-order valence-electron chi connectivity index (χ1n) is 14.8. The third kappa shape index (κ3) is 7.95. The zero-order valence-corrected chi connectivity index (χ0v) is 25.9. The highest BCUT2D eigenvalue weighted by Gasteiger charge is 2.29. The maximum Gasteiger partial charge on any atom is 0.352 e. The largest absolute Gasteiger partial charge is 0.480 e. The van der Waals surface area contributed by atoms with Gasteiger partial charge >= 0.3 is 11.9 Å². The lowest BCUT2D eigenvalue weighted by atomic mass is 9.98. The number of carbonyl (C=O) groups is 2. The van der Waals surface area contributed by atoms with Gasteiger partial charge in [0, 0.05) is 35.3 Å². The Bertz CT molecular complexity index is 1520. The first kappa shape index (κ1) is 31.0. The van der Waals surface area contributed by atoms with E-state index in [1.54, 1.807) is 4.31 Å². The van der Waals surface area contributed by atoms with Crippen molar-refractivity contribution in [3.63, 3.8) is 0 Å². The van der Waals surface area contributed by atoms with Crippen LogP contribution >= 0.6 is 11.3 Å². The second kappa shape index (κ2) is 13.9. The quantitative estimate of drug-likeness (QED) is 0.246. The van der Waals surface area contributed by atoms with Gasteiger partial charge in [-0.1, -0.05) is 48.9 Å². The van der Waals surface area contributed by atoms with Crippen molar-refractivity contribution in [1.82, 2.24) is 4.31 Å². The van der Waals surface area contributed by atoms with Crippen molar-refractivity contribution in [2.75, 3.05) is 25.0 Å². The van der Waals surface area contributed by atoms with Crippen LogP contribution in [0.25, 0.3) is 10.4 Å². The van der Waals surface area contributed by atoms with Crippen molar-refractivity contribution in [2.24, 2.45) is 0 Å². The van der Waals surface area contributed by atoms with Gasteiger partial charge in [-0.15, -0.1) is 11.3 Å². The number of anilines is 1. The van der Waals surface area contributed by atoms with Gasteiger partial charge in [0.15, 0.2) is 11.5 Å². The number of carbonyl (C=O) groups excluding carboxylic acids is 1. The predicted octanol–water partition coefficient (Wildman–Crippen LogP) is 6.08. The summed E-state index contributed by atoms with van der Waals surface area (Å²) in [6.45, 7) is 2.18. The molecule has 3 aromatic rings. The molecule has 2 aliphatic rings. The van der Waals surface area contributed by atoms with E-state index >= 15 is 0 Å². The molecule has 1 aromatic heterocycles. The Hall–Kier alpha value is -3.41. The van der Waals surface area contributed by atoms with Gasteiger partial charge in [-0.3, -0.25) is 0 Å². The van der Waals surface area contributed by atoms with Crippen LogP contribution in [0, 0.1) is 6.92 Å². The molecule has 2 N–H and O–H groups in total. The molecule has 1 saturated carbocycles. The molecule has 2 heterocycles. The molecule has 0 unspecified atom stereocenters. The number of nitrogens with zero attached hydrogens (tertiary/aromatic N) is 1. The maximum absolute atomic E-state index is 13.2. The number of carboxylic acid groups (broad SMARTS) is 1. The van der Waals surface area contributed by atoms with Gasteiger partial charge in [-0.2, -0.15) is 0 Å². The zero-order chi connectivity index (χ0) is 30.4. The minimum atomic E-state index is -3.39. The summed E-state index contributed by atoms with van der Waals surface area (Å²) in [5.41, 5.74) is 3.23. The smallest absolute Gasteiger partial charge is 0.352 e. The summed E-state index contributed by atoms with van der Waals surface area (Å²) in [4.78, 5) is 25.6.